The molecule has 0 spiro atoms. The van der Waals surface area contributed by atoms with Crippen molar-refractivity contribution in [2.45, 2.75) is 38.8 Å². The van der Waals surface area contributed by atoms with E-state index < -0.39 is 23.6 Å². The number of esters is 1. The van der Waals surface area contributed by atoms with Gasteiger partial charge in [0.1, 0.15) is 11.6 Å². The number of nitrogens with one attached hydrogen (secondary N) is 2. The van der Waals surface area contributed by atoms with Gasteiger partial charge < -0.3 is 10.1 Å². The molecule has 0 aromatic carbocycles. The Labute approximate surface area is 109 Å². The van der Waals surface area contributed by atoms with Crippen molar-refractivity contribution in [3.8, 4) is 0 Å². The van der Waals surface area contributed by atoms with Crippen LogP contribution in [0.4, 0.5) is 9.93 Å². The first-order valence-corrected chi connectivity index (χ1v) is 6.46. The zero-order valence-corrected chi connectivity index (χ0v) is 11.3. The fraction of sp³-hybridized carbons (Fsp3) is 0.545. The summed E-state index contributed by atoms with van der Waals surface area (Å²) in [7, 11) is 0. The van der Waals surface area contributed by atoms with Gasteiger partial charge in [0.2, 0.25) is 0 Å². The Kier molecular flexibility index (Phi) is 3.25. The lowest BCUT2D eigenvalue weighted by Crippen LogP contribution is -2.40. The van der Waals surface area contributed by atoms with Crippen molar-refractivity contribution in [2.75, 3.05) is 5.32 Å². The first kappa shape index (κ1) is 12.8. The molecule has 0 radical (unpaired) electrons. The highest BCUT2D eigenvalue weighted by atomic mass is 32.1. The maximum Gasteiger partial charge on any atom is 0.329 e. The van der Waals surface area contributed by atoms with Crippen molar-refractivity contribution < 1.29 is 14.3 Å². The minimum Gasteiger partial charge on any atom is -0.458 e. The molecule has 1 atom stereocenters. The molecule has 7 heteroatoms. The minimum absolute atomic E-state index is 0.398. The second-order valence-electron chi connectivity index (χ2n) is 4.83. The number of nitrogens with zero attached hydrogens (tertiary/aromatic N) is 1. The number of carbonyl (C=O) groups is 2. The molecule has 1 aromatic rings. The van der Waals surface area contributed by atoms with E-state index in [1.807, 2.05) is 26.2 Å². The quantitative estimate of drug-likeness (QED) is 0.800. The fourth-order valence-electron chi connectivity index (χ4n) is 1.77. The summed E-state index contributed by atoms with van der Waals surface area (Å²) in [5, 5.41) is 7.52. The molecule has 1 aliphatic rings. The number of rotatable bonds is 2. The zero-order valence-electron chi connectivity index (χ0n) is 10.4. The predicted molar refractivity (Wildman–Crippen MR) is 67.6 cm³/mol. The Balaban J connectivity index is 1.90. The number of ether oxygens (including phenoxy) is 1. The van der Waals surface area contributed by atoms with Gasteiger partial charge in [-0.15, -0.1) is 11.3 Å². The molecule has 1 saturated heterocycles. The lowest BCUT2D eigenvalue weighted by atomic mass is 10.0. The monoisotopic (exact) mass is 269 g/mol. The lowest BCUT2D eigenvalue weighted by molar-refractivity contribution is -0.147. The smallest absolute Gasteiger partial charge is 0.329 e. The summed E-state index contributed by atoms with van der Waals surface area (Å²) in [5.41, 5.74) is 0.323. The second kappa shape index (κ2) is 4.56. The first-order chi connectivity index (χ1) is 8.35. The summed E-state index contributed by atoms with van der Waals surface area (Å²) in [6, 6.07) is -1.04. The van der Waals surface area contributed by atoms with E-state index in [-0.39, 0.29) is 0 Å². The van der Waals surface area contributed by atoms with Gasteiger partial charge in [-0.2, -0.15) is 0 Å². The average Bonchev–Trinajstić information content (AvgIpc) is 2.71. The van der Waals surface area contributed by atoms with E-state index in [1.54, 1.807) is 0 Å². The lowest BCUT2D eigenvalue weighted by Gasteiger charge is -2.14. The summed E-state index contributed by atoms with van der Waals surface area (Å²) in [6.07, 6.45) is 0.468. The van der Waals surface area contributed by atoms with Gasteiger partial charge in [-0.05, 0) is 20.8 Å². The van der Waals surface area contributed by atoms with Gasteiger partial charge in [-0.1, -0.05) is 0 Å². The van der Waals surface area contributed by atoms with Gasteiger partial charge in [0.15, 0.2) is 5.13 Å². The van der Waals surface area contributed by atoms with Crippen LogP contribution < -0.4 is 10.6 Å². The Hall–Kier alpha value is -1.63. The van der Waals surface area contributed by atoms with Crippen LogP contribution in [0, 0.1) is 6.92 Å². The third-order valence-corrected chi connectivity index (χ3v) is 3.38. The molecule has 0 unspecified atom stereocenters. The molecular weight excluding hydrogens is 254 g/mol. The van der Waals surface area contributed by atoms with Gasteiger partial charge in [0.05, 0.1) is 5.69 Å². The number of aromatic nitrogens is 1. The Morgan fingerprint density at radius 2 is 2.33 bits per heavy atom. The Bertz CT molecular complexity index is 484. The third kappa shape index (κ3) is 2.98. The number of anilines is 1. The predicted octanol–water partition coefficient (Wildman–Crippen LogP) is 1.67. The van der Waals surface area contributed by atoms with Crippen LogP contribution in [-0.4, -0.2) is 28.6 Å². The number of amides is 2. The van der Waals surface area contributed by atoms with Gasteiger partial charge in [0, 0.05) is 11.8 Å². The molecule has 98 valence electrons. The molecule has 1 fully saturated rings. The molecule has 0 saturated carbocycles. The molecule has 1 aliphatic heterocycles. The van der Waals surface area contributed by atoms with Crippen LogP contribution in [0.2, 0.25) is 0 Å². The molecule has 1 aromatic heterocycles. The highest BCUT2D eigenvalue weighted by Crippen LogP contribution is 2.25. The second-order valence-corrected chi connectivity index (χ2v) is 5.69. The van der Waals surface area contributed by atoms with Crippen LogP contribution in [-0.2, 0) is 9.53 Å². The van der Waals surface area contributed by atoms with Crippen LogP contribution in [0.25, 0.3) is 0 Å². The topological polar surface area (TPSA) is 80.3 Å². The van der Waals surface area contributed by atoms with Gasteiger partial charge in [-0.25, -0.2) is 14.6 Å². The Morgan fingerprint density at radius 3 is 2.83 bits per heavy atom. The highest BCUT2D eigenvalue weighted by Gasteiger charge is 2.40. The van der Waals surface area contributed by atoms with Crippen LogP contribution in [0.5, 0.6) is 0 Å². The minimum atomic E-state index is -0.596. The van der Waals surface area contributed by atoms with E-state index in [9.17, 15) is 9.59 Å². The van der Waals surface area contributed by atoms with E-state index in [4.69, 9.17) is 4.74 Å². The number of hydrogen-bond acceptors (Lipinski definition) is 5. The highest BCUT2D eigenvalue weighted by molar-refractivity contribution is 7.13. The zero-order chi connectivity index (χ0) is 13.3. The molecule has 18 heavy (non-hydrogen) atoms. The molecule has 2 heterocycles. The molecule has 2 rings (SSSR count). The molecule has 6 nitrogen and oxygen atoms in total. The average molecular weight is 269 g/mol. The van der Waals surface area contributed by atoms with Crippen LogP contribution in [0.3, 0.4) is 0 Å². The maximum absolute atomic E-state index is 11.7. The summed E-state index contributed by atoms with van der Waals surface area (Å²) in [4.78, 5) is 27.3. The first-order valence-electron chi connectivity index (χ1n) is 5.58. The largest absolute Gasteiger partial charge is 0.458 e. The van der Waals surface area contributed by atoms with Crippen molar-refractivity contribution in [3.63, 3.8) is 0 Å². The third-order valence-electron chi connectivity index (χ3n) is 2.50. The van der Waals surface area contributed by atoms with E-state index in [0.717, 1.165) is 5.69 Å². The van der Waals surface area contributed by atoms with Crippen LogP contribution in [0.1, 0.15) is 26.0 Å². The standard InChI is InChI=1S/C11H15N3O3S/c1-6-5-18-10(12-6)14-9(16)13-7-4-11(2,3)17-8(7)15/h5,7H,4H2,1-3H3,(H2,12,13,14,16)/t7-/m1/s1. The van der Waals surface area contributed by atoms with Crippen molar-refractivity contribution in [1.29, 1.82) is 0 Å². The van der Waals surface area contributed by atoms with E-state index in [1.165, 1.54) is 11.3 Å². The SMILES string of the molecule is Cc1csc(NC(=O)N[C@@H]2CC(C)(C)OC2=O)n1. The summed E-state index contributed by atoms with van der Waals surface area (Å²) in [6.45, 7) is 5.47. The summed E-state index contributed by atoms with van der Waals surface area (Å²) >= 11 is 1.34. The number of urea groups is 1. The van der Waals surface area contributed by atoms with Crippen molar-refractivity contribution >= 4 is 28.5 Å². The fourth-order valence-corrected chi connectivity index (χ4v) is 2.46. The maximum atomic E-state index is 11.7. The normalized spacial score (nSPS) is 21.5. The Morgan fingerprint density at radius 1 is 1.61 bits per heavy atom. The molecule has 0 bridgehead atoms. The molecule has 0 aliphatic carbocycles. The van der Waals surface area contributed by atoms with E-state index in [0.29, 0.717) is 11.6 Å². The number of thiazole rings is 1. The number of carbonyl (C=O) groups excluding carboxylic acids is 2. The molecule has 2 amide bonds. The van der Waals surface area contributed by atoms with E-state index in [2.05, 4.69) is 15.6 Å². The van der Waals surface area contributed by atoms with E-state index >= 15 is 0 Å². The van der Waals surface area contributed by atoms with Gasteiger partial charge in [-0.3, -0.25) is 5.32 Å². The van der Waals surface area contributed by atoms with Crippen molar-refractivity contribution in [2.24, 2.45) is 0 Å². The molecular formula is C11H15N3O3S. The summed E-state index contributed by atoms with van der Waals surface area (Å²) in [5.74, 6) is -0.398. The van der Waals surface area contributed by atoms with Gasteiger partial charge >= 0.3 is 12.0 Å². The summed E-state index contributed by atoms with van der Waals surface area (Å²) < 4.78 is 5.12. The number of cyclic esters (lactones) is 1. The number of hydrogen-bond donors (Lipinski definition) is 2. The van der Waals surface area contributed by atoms with Crippen molar-refractivity contribution in [3.05, 3.63) is 11.1 Å². The van der Waals surface area contributed by atoms with Crippen LogP contribution in [0.15, 0.2) is 5.38 Å². The van der Waals surface area contributed by atoms with Gasteiger partial charge in [0.25, 0.3) is 0 Å². The van der Waals surface area contributed by atoms with Crippen LogP contribution >= 0.6 is 11.3 Å². The van der Waals surface area contributed by atoms with Crippen molar-refractivity contribution in [1.82, 2.24) is 10.3 Å². The number of aryl methyl sites for hydroxylation is 1. The molecule has 2 N–H and O–H groups in total.